The summed E-state index contributed by atoms with van der Waals surface area (Å²) in [6.07, 6.45) is 0.841. The minimum atomic E-state index is -2.54. The summed E-state index contributed by atoms with van der Waals surface area (Å²) in [5.41, 5.74) is -2.00. The molecule has 0 radical (unpaired) electrons. The zero-order valence-corrected chi connectivity index (χ0v) is 21.0. The minimum absolute atomic E-state index is 0.0327. The van der Waals surface area contributed by atoms with Gasteiger partial charge in [0.25, 0.3) is 11.6 Å². The first-order valence-electron chi connectivity index (χ1n) is 12.1. The number of benzene rings is 2. The first kappa shape index (κ1) is 28.3. The van der Waals surface area contributed by atoms with Gasteiger partial charge in [-0.25, -0.2) is 9.59 Å². The van der Waals surface area contributed by atoms with E-state index in [1.165, 1.54) is 36.1 Å². The van der Waals surface area contributed by atoms with E-state index in [4.69, 9.17) is 9.47 Å². The van der Waals surface area contributed by atoms with Gasteiger partial charge in [-0.05, 0) is 44.4 Å². The van der Waals surface area contributed by atoms with Crippen LogP contribution in [-0.4, -0.2) is 69.5 Å². The van der Waals surface area contributed by atoms with Crippen LogP contribution >= 0.6 is 0 Å². The van der Waals surface area contributed by atoms with Crippen LogP contribution in [0.4, 0.5) is 5.69 Å². The molecular formula is C26H29N3O9. The van der Waals surface area contributed by atoms with Crippen molar-refractivity contribution in [1.82, 2.24) is 10.2 Å². The third-order valence-electron chi connectivity index (χ3n) is 6.08. The van der Waals surface area contributed by atoms with Gasteiger partial charge in [0.05, 0.1) is 11.5 Å². The highest BCUT2D eigenvalue weighted by molar-refractivity contribution is 6.06. The number of nitrogens with zero attached hydrogens (tertiary/aromatic N) is 2. The van der Waals surface area contributed by atoms with E-state index in [1.54, 1.807) is 30.3 Å². The van der Waals surface area contributed by atoms with Gasteiger partial charge in [-0.15, -0.1) is 0 Å². The summed E-state index contributed by atoms with van der Waals surface area (Å²) >= 11 is 0. The number of likely N-dealkylation sites (tertiary alicyclic amines) is 1. The number of nitrogens with one attached hydrogen (secondary N) is 1. The second-order valence-electron chi connectivity index (χ2n) is 8.87. The molecule has 0 unspecified atom stereocenters. The number of nitro groups is 1. The lowest BCUT2D eigenvalue weighted by Gasteiger charge is -2.30. The van der Waals surface area contributed by atoms with Crippen LogP contribution in [0.1, 0.15) is 32.3 Å². The van der Waals surface area contributed by atoms with Crippen LogP contribution in [0.5, 0.6) is 5.75 Å². The number of amides is 2. The van der Waals surface area contributed by atoms with Gasteiger partial charge in [0.2, 0.25) is 11.5 Å². The molecule has 38 heavy (non-hydrogen) atoms. The number of carbonyl (C=O) groups excluding carboxylic acids is 4. The van der Waals surface area contributed by atoms with Crippen molar-refractivity contribution < 1.29 is 38.7 Å². The van der Waals surface area contributed by atoms with E-state index in [9.17, 15) is 34.4 Å². The maximum absolute atomic E-state index is 13.6. The average Bonchev–Trinajstić information content (AvgIpc) is 3.39. The highest BCUT2D eigenvalue weighted by Gasteiger charge is 2.44. The van der Waals surface area contributed by atoms with E-state index < -0.39 is 46.4 Å². The van der Waals surface area contributed by atoms with Crippen molar-refractivity contribution in [3.63, 3.8) is 0 Å². The Bertz CT molecular complexity index is 1180. The number of rotatable bonds is 10. The lowest BCUT2D eigenvalue weighted by atomic mass is 10.0. The van der Waals surface area contributed by atoms with Crippen LogP contribution in [0.2, 0.25) is 0 Å². The van der Waals surface area contributed by atoms with E-state index in [0.717, 1.165) is 6.92 Å². The van der Waals surface area contributed by atoms with E-state index >= 15 is 0 Å². The highest BCUT2D eigenvalue weighted by atomic mass is 16.6. The van der Waals surface area contributed by atoms with Gasteiger partial charge in [-0.1, -0.05) is 30.3 Å². The maximum atomic E-state index is 13.6. The molecular weight excluding hydrogens is 498 g/mol. The number of aliphatic hydroxyl groups is 1. The molecule has 1 aliphatic rings. The molecule has 0 spiro atoms. The second-order valence-corrected chi connectivity index (χ2v) is 8.87. The Morgan fingerprint density at radius 1 is 1.16 bits per heavy atom. The molecule has 202 valence electrons. The molecule has 0 aromatic heterocycles. The lowest BCUT2D eigenvalue weighted by molar-refractivity contribution is -0.384. The van der Waals surface area contributed by atoms with Gasteiger partial charge >= 0.3 is 11.9 Å². The molecule has 3 rings (SSSR count). The normalized spacial score (nSPS) is 17.1. The quantitative estimate of drug-likeness (QED) is 0.153. The van der Waals surface area contributed by atoms with Crippen LogP contribution in [-0.2, 0) is 30.3 Å². The van der Waals surface area contributed by atoms with Gasteiger partial charge in [-0.2, -0.15) is 0 Å². The molecule has 0 saturated carbocycles. The summed E-state index contributed by atoms with van der Waals surface area (Å²) in [5.74, 6) is -3.51. The largest absolute Gasteiger partial charge is 0.463 e. The van der Waals surface area contributed by atoms with Crippen molar-refractivity contribution in [3.8, 4) is 5.75 Å². The monoisotopic (exact) mass is 527 g/mol. The molecule has 2 N–H and O–H groups in total. The molecule has 12 heteroatoms. The van der Waals surface area contributed by atoms with Gasteiger partial charge in [0.1, 0.15) is 17.8 Å². The predicted molar refractivity (Wildman–Crippen MR) is 133 cm³/mol. The summed E-state index contributed by atoms with van der Waals surface area (Å²) in [6, 6.07) is 11.6. The zero-order valence-electron chi connectivity index (χ0n) is 21.0. The Kier molecular flexibility index (Phi) is 9.13. The Hall–Kier alpha value is -4.32. The summed E-state index contributed by atoms with van der Waals surface area (Å²) in [7, 11) is 0. The van der Waals surface area contributed by atoms with E-state index in [-0.39, 0.29) is 31.0 Å². The number of hydrogen-bond donors (Lipinski definition) is 2. The van der Waals surface area contributed by atoms with Gasteiger partial charge in [0.15, 0.2) is 0 Å². The van der Waals surface area contributed by atoms with E-state index in [1.807, 2.05) is 0 Å². The molecule has 2 aromatic carbocycles. The fourth-order valence-electron chi connectivity index (χ4n) is 4.01. The molecule has 12 nitrogen and oxygen atoms in total. The third-order valence-corrected chi connectivity index (χ3v) is 6.08. The molecule has 0 bridgehead atoms. The van der Waals surface area contributed by atoms with Gasteiger partial charge in [0, 0.05) is 25.1 Å². The molecule has 1 aliphatic heterocycles. The smallest absolute Gasteiger partial charge is 0.347 e. The third kappa shape index (κ3) is 6.71. The highest BCUT2D eigenvalue weighted by Crippen LogP contribution is 2.24. The van der Waals surface area contributed by atoms with Crippen LogP contribution < -0.4 is 10.1 Å². The van der Waals surface area contributed by atoms with Crippen LogP contribution in [0, 0.1) is 10.1 Å². The van der Waals surface area contributed by atoms with E-state index in [0.29, 0.717) is 18.4 Å². The van der Waals surface area contributed by atoms with E-state index in [2.05, 4.69) is 5.32 Å². The van der Waals surface area contributed by atoms with Crippen LogP contribution in [0.3, 0.4) is 0 Å². The molecule has 0 aliphatic carbocycles. The number of non-ortho nitro benzene ring substituents is 1. The Morgan fingerprint density at radius 3 is 2.42 bits per heavy atom. The Morgan fingerprint density at radius 2 is 1.82 bits per heavy atom. The van der Waals surface area contributed by atoms with Crippen molar-refractivity contribution in [1.29, 1.82) is 0 Å². The molecule has 1 fully saturated rings. The summed E-state index contributed by atoms with van der Waals surface area (Å²) < 4.78 is 10.1. The fraction of sp³-hybridized carbons (Fsp3) is 0.385. The first-order valence-corrected chi connectivity index (χ1v) is 12.1. The molecule has 1 heterocycles. The van der Waals surface area contributed by atoms with Crippen molar-refractivity contribution >= 4 is 29.4 Å². The van der Waals surface area contributed by atoms with Crippen molar-refractivity contribution in [2.24, 2.45) is 0 Å². The fourth-order valence-corrected chi connectivity index (χ4v) is 4.01. The lowest BCUT2D eigenvalue weighted by Crippen LogP contribution is -2.59. The average molecular weight is 528 g/mol. The predicted octanol–water partition coefficient (Wildman–Crippen LogP) is 1.53. The number of esters is 2. The number of ether oxygens (including phenoxy) is 2. The molecule has 1 saturated heterocycles. The van der Waals surface area contributed by atoms with Crippen molar-refractivity contribution in [2.45, 2.75) is 50.8 Å². The topological polar surface area (TPSA) is 165 Å². The first-order chi connectivity index (χ1) is 18.0. The zero-order chi connectivity index (χ0) is 27.9. The maximum Gasteiger partial charge on any atom is 0.347 e. The standard InChI is InChI=1S/C26H29N3O9/c1-3-37-25(33)26(2,34)24(32)27-20(16-17-8-5-4-6-9-17)22(30)28-15-7-10-21(28)23(31)38-19-13-11-18(12-14-19)29(35)36/h4-6,8-9,11-14,20-21,34H,3,7,10,15-16H2,1-2H3,(H,27,32)/t20-,21-,26+/m0/s1. The summed E-state index contributed by atoms with van der Waals surface area (Å²) in [4.78, 5) is 63.1. The number of hydrogen-bond acceptors (Lipinski definition) is 9. The van der Waals surface area contributed by atoms with Gasteiger partial charge in [-0.3, -0.25) is 19.7 Å². The molecule has 3 atom stereocenters. The second kappa shape index (κ2) is 12.3. The van der Waals surface area contributed by atoms with Crippen molar-refractivity contribution in [3.05, 3.63) is 70.3 Å². The van der Waals surface area contributed by atoms with Crippen LogP contribution in [0.25, 0.3) is 0 Å². The minimum Gasteiger partial charge on any atom is -0.463 e. The number of nitro benzene ring substituents is 1. The van der Waals surface area contributed by atoms with Crippen molar-refractivity contribution in [2.75, 3.05) is 13.2 Å². The Labute approximate surface area is 218 Å². The molecule has 2 aromatic rings. The van der Waals surface area contributed by atoms with Gasteiger partial charge < -0.3 is 24.8 Å². The molecule has 2 amide bonds. The summed E-state index contributed by atoms with van der Waals surface area (Å²) in [6.45, 7) is 2.66. The number of carbonyl (C=O) groups is 4. The van der Waals surface area contributed by atoms with Crippen LogP contribution in [0.15, 0.2) is 54.6 Å². The summed E-state index contributed by atoms with van der Waals surface area (Å²) in [5, 5.41) is 23.8. The Balaban J connectivity index is 1.79. The SMILES string of the molecule is CCOC(=O)[C@](C)(O)C(=O)N[C@@H](Cc1ccccc1)C(=O)N1CCC[C@H]1C(=O)Oc1ccc([N+](=O)[O-])cc1.